The number of aromatic nitrogens is 1. The van der Waals surface area contributed by atoms with Crippen LogP contribution in [0.15, 0.2) is 140 Å². The first-order chi connectivity index (χ1) is 19.8. The first-order valence-electron chi connectivity index (χ1n) is 13.7. The summed E-state index contributed by atoms with van der Waals surface area (Å²) in [5.41, 5.74) is 8.33. The first kappa shape index (κ1) is 21.6. The lowest BCUT2D eigenvalue weighted by Crippen LogP contribution is -1.97. The second-order valence-electron chi connectivity index (χ2n) is 10.6. The van der Waals surface area contributed by atoms with Crippen molar-refractivity contribution in [3.05, 3.63) is 140 Å². The summed E-state index contributed by atoms with van der Waals surface area (Å²) in [6.45, 7) is 0. The SMILES string of the molecule is c1ccc2cc3c(cc2c1)c1ccccc1n3-c1ccc(-c2ccc3c(c2)-c2cccc4cccc(c24)O3)cc1. The minimum atomic E-state index is 0.907. The highest BCUT2D eigenvalue weighted by Crippen LogP contribution is 2.47. The van der Waals surface area contributed by atoms with E-state index in [1.165, 1.54) is 60.0 Å². The number of benzene rings is 7. The van der Waals surface area contributed by atoms with Gasteiger partial charge in [0.15, 0.2) is 0 Å². The van der Waals surface area contributed by atoms with E-state index in [9.17, 15) is 0 Å². The molecule has 1 aliphatic rings. The molecule has 0 saturated heterocycles. The van der Waals surface area contributed by atoms with Crippen molar-refractivity contribution in [3.8, 4) is 39.4 Å². The molecular weight excluding hydrogens is 486 g/mol. The summed E-state index contributed by atoms with van der Waals surface area (Å²) in [6.07, 6.45) is 0. The average Bonchev–Trinajstić information content (AvgIpc) is 3.33. The number of ether oxygens (including phenoxy) is 1. The lowest BCUT2D eigenvalue weighted by atomic mass is 9.92. The van der Waals surface area contributed by atoms with Gasteiger partial charge in [0.25, 0.3) is 0 Å². The van der Waals surface area contributed by atoms with Crippen LogP contribution in [0.4, 0.5) is 0 Å². The number of para-hydroxylation sites is 1. The fourth-order valence-electron chi connectivity index (χ4n) is 6.48. The van der Waals surface area contributed by atoms with Gasteiger partial charge in [-0.1, -0.05) is 91.0 Å². The minimum absolute atomic E-state index is 0.907. The molecule has 8 aromatic rings. The normalized spacial score (nSPS) is 12.2. The number of nitrogens with zero attached hydrogens (tertiary/aromatic N) is 1. The molecule has 0 N–H and O–H groups in total. The van der Waals surface area contributed by atoms with Crippen molar-refractivity contribution in [2.24, 2.45) is 0 Å². The van der Waals surface area contributed by atoms with E-state index in [1.54, 1.807) is 0 Å². The van der Waals surface area contributed by atoms with Crippen molar-refractivity contribution in [2.45, 2.75) is 0 Å². The Balaban J connectivity index is 1.18. The van der Waals surface area contributed by atoms with Crippen LogP contribution in [0.1, 0.15) is 0 Å². The van der Waals surface area contributed by atoms with Crippen LogP contribution >= 0.6 is 0 Å². The van der Waals surface area contributed by atoms with Gasteiger partial charge in [-0.25, -0.2) is 0 Å². The summed E-state index contributed by atoms with van der Waals surface area (Å²) in [5, 5.41) is 7.46. The summed E-state index contributed by atoms with van der Waals surface area (Å²) < 4.78 is 8.71. The van der Waals surface area contributed by atoms with Gasteiger partial charge in [0.1, 0.15) is 11.5 Å². The molecule has 0 unspecified atom stereocenters. The standard InChI is InChI=1S/C38H23NO/c1-2-8-27-23-35-32(21-26(27)7-1)30-11-3-4-13-34(30)39(35)29-18-15-24(16-19-29)28-17-20-36-33(22-28)31-12-5-9-25-10-6-14-37(40-36)38(25)31/h1-23H. The van der Waals surface area contributed by atoms with Crippen LogP contribution < -0.4 is 4.74 Å². The van der Waals surface area contributed by atoms with Crippen LogP contribution in [0, 0.1) is 0 Å². The molecule has 0 aliphatic carbocycles. The van der Waals surface area contributed by atoms with Crippen molar-refractivity contribution in [1.82, 2.24) is 4.57 Å². The summed E-state index contributed by atoms with van der Waals surface area (Å²) in [7, 11) is 0. The lowest BCUT2D eigenvalue weighted by molar-refractivity contribution is 0.487. The Morgan fingerprint density at radius 1 is 0.425 bits per heavy atom. The Labute approximate surface area is 231 Å². The van der Waals surface area contributed by atoms with E-state index >= 15 is 0 Å². The third-order valence-electron chi connectivity index (χ3n) is 8.36. The van der Waals surface area contributed by atoms with E-state index in [1.807, 2.05) is 0 Å². The van der Waals surface area contributed by atoms with Crippen LogP contribution in [-0.4, -0.2) is 4.57 Å². The molecule has 0 fully saturated rings. The zero-order chi connectivity index (χ0) is 26.2. The van der Waals surface area contributed by atoms with Gasteiger partial charge in [0.2, 0.25) is 0 Å². The fraction of sp³-hybridized carbons (Fsp3) is 0. The van der Waals surface area contributed by atoms with Gasteiger partial charge in [-0.2, -0.15) is 0 Å². The van der Waals surface area contributed by atoms with Gasteiger partial charge >= 0.3 is 0 Å². The number of hydrogen-bond acceptors (Lipinski definition) is 1. The van der Waals surface area contributed by atoms with Gasteiger partial charge in [-0.15, -0.1) is 0 Å². The molecular formula is C38H23NO. The Bertz CT molecular complexity index is 2280. The summed E-state index contributed by atoms with van der Waals surface area (Å²) in [4.78, 5) is 0. The molecule has 7 aromatic carbocycles. The number of fused-ring (bicyclic) bond motifs is 6. The Morgan fingerprint density at radius 2 is 1.15 bits per heavy atom. The Kier molecular flexibility index (Phi) is 4.36. The molecule has 2 heteroatoms. The molecule has 0 spiro atoms. The number of hydrogen-bond donors (Lipinski definition) is 0. The number of rotatable bonds is 2. The topological polar surface area (TPSA) is 14.2 Å². The van der Waals surface area contributed by atoms with E-state index in [2.05, 4.69) is 144 Å². The van der Waals surface area contributed by atoms with E-state index in [-0.39, 0.29) is 0 Å². The van der Waals surface area contributed by atoms with Crippen LogP contribution in [0.25, 0.3) is 71.3 Å². The van der Waals surface area contributed by atoms with Gasteiger partial charge in [0, 0.05) is 27.4 Å². The van der Waals surface area contributed by atoms with Crippen LogP contribution in [0.5, 0.6) is 11.5 Å². The highest BCUT2D eigenvalue weighted by atomic mass is 16.5. The van der Waals surface area contributed by atoms with E-state index in [4.69, 9.17) is 4.74 Å². The van der Waals surface area contributed by atoms with Crippen molar-refractivity contribution in [1.29, 1.82) is 0 Å². The molecule has 0 saturated carbocycles. The fourth-order valence-corrected chi connectivity index (χ4v) is 6.48. The van der Waals surface area contributed by atoms with Crippen LogP contribution in [0.2, 0.25) is 0 Å². The molecule has 186 valence electrons. The van der Waals surface area contributed by atoms with Gasteiger partial charge in [0.05, 0.1) is 11.0 Å². The van der Waals surface area contributed by atoms with Crippen molar-refractivity contribution in [2.75, 3.05) is 0 Å². The highest BCUT2D eigenvalue weighted by Gasteiger charge is 2.20. The van der Waals surface area contributed by atoms with Gasteiger partial charge in [-0.3, -0.25) is 0 Å². The average molecular weight is 510 g/mol. The van der Waals surface area contributed by atoms with Gasteiger partial charge < -0.3 is 9.30 Å². The third-order valence-corrected chi connectivity index (χ3v) is 8.36. The second-order valence-corrected chi connectivity index (χ2v) is 10.6. The first-order valence-corrected chi connectivity index (χ1v) is 13.7. The predicted octanol–water partition coefficient (Wildman–Crippen LogP) is 10.5. The zero-order valence-corrected chi connectivity index (χ0v) is 21.6. The molecule has 0 amide bonds. The van der Waals surface area contributed by atoms with E-state index in [0.29, 0.717) is 0 Å². The van der Waals surface area contributed by atoms with Crippen molar-refractivity contribution < 1.29 is 4.74 Å². The molecule has 9 rings (SSSR count). The maximum absolute atomic E-state index is 6.32. The predicted molar refractivity (Wildman–Crippen MR) is 167 cm³/mol. The van der Waals surface area contributed by atoms with E-state index in [0.717, 1.165) is 22.7 Å². The summed E-state index contributed by atoms with van der Waals surface area (Å²) in [6, 6.07) is 50.2. The molecule has 0 radical (unpaired) electrons. The summed E-state index contributed by atoms with van der Waals surface area (Å²) in [5.74, 6) is 1.83. The summed E-state index contributed by atoms with van der Waals surface area (Å²) >= 11 is 0. The highest BCUT2D eigenvalue weighted by molar-refractivity contribution is 6.13. The quantitative estimate of drug-likeness (QED) is 0.226. The van der Waals surface area contributed by atoms with Crippen molar-refractivity contribution in [3.63, 3.8) is 0 Å². The smallest absolute Gasteiger partial charge is 0.135 e. The molecule has 40 heavy (non-hydrogen) atoms. The van der Waals surface area contributed by atoms with E-state index < -0.39 is 0 Å². The van der Waals surface area contributed by atoms with Crippen LogP contribution in [0.3, 0.4) is 0 Å². The maximum atomic E-state index is 6.32. The van der Waals surface area contributed by atoms with Crippen LogP contribution in [-0.2, 0) is 0 Å². The molecule has 2 nitrogen and oxygen atoms in total. The Morgan fingerprint density at radius 3 is 2.02 bits per heavy atom. The largest absolute Gasteiger partial charge is 0.456 e. The molecule has 1 aliphatic heterocycles. The maximum Gasteiger partial charge on any atom is 0.135 e. The molecule has 0 bridgehead atoms. The lowest BCUT2D eigenvalue weighted by Gasteiger charge is -2.22. The van der Waals surface area contributed by atoms with Crippen molar-refractivity contribution >= 4 is 43.4 Å². The zero-order valence-electron chi connectivity index (χ0n) is 21.6. The third kappa shape index (κ3) is 3.05. The Hall–Kier alpha value is -5.34. The second kappa shape index (κ2) is 8.08. The molecule has 1 aromatic heterocycles. The molecule has 2 heterocycles. The minimum Gasteiger partial charge on any atom is -0.456 e. The van der Waals surface area contributed by atoms with Gasteiger partial charge in [-0.05, 0) is 81.4 Å². The molecule has 0 atom stereocenters. The monoisotopic (exact) mass is 509 g/mol.